The zero-order chi connectivity index (χ0) is 16.9. The summed E-state index contributed by atoms with van der Waals surface area (Å²) in [7, 11) is 0. The summed E-state index contributed by atoms with van der Waals surface area (Å²) in [4.78, 5) is 13.4. The van der Waals surface area contributed by atoms with E-state index in [1.807, 2.05) is 60.9 Å². The number of aromatic nitrogens is 3. The number of benzene rings is 2. The van der Waals surface area contributed by atoms with Crippen molar-refractivity contribution in [2.24, 2.45) is 0 Å². The number of nitrogens with zero attached hydrogens (tertiary/aromatic N) is 3. The first-order valence-corrected chi connectivity index (χ1v) is 8.59. The molecule has 0 saturated heterocycles. The van der Waals surface area contributed by atoms with E-state index in [2.05, 4.69) is 15.6 Å². The van der Waals surface area contributed by atoms with E-state index >= 15 is 0 Å². The minimum atomic E-state index is -0.344. The number of carbonyl (C=O) groups excluding carboxylic acids is 1. The van der Waals surface area contributed by atoms with Gasteiger partial charge in [0.15, 0.2) is 11.5 Å². The van der Waals surface area contributed by atoms with Crippen LogP contribution in [-0.4, -0.2) is 27.2 Å². The Kier molecular flexibility index (Phi) is 4.81. The van der Waals surface area contributed by atoms with Gasteiger partial charge in [0, 0.05) is 11.4 Å². The van der Waals surface area contributed by atoms with Crippen LogP contribution in [0.3, 0.4) is 0 Å². The zero-order valence-corrected chi connectivity index (χ0v) is 14.0. The first-order chi connectivity index (χ1) is 11.7. The Hall–Kier alpha value is -2.80. The Bertz CT molecular complexity index is 847. The molecular weight excluding hydrogens is 322 g/mol. The number of nitrogen functional groups attached to an aromatic ring is 1. The maximum absolute atomic E-state index is 12.3. The van der Waals surface area contributed by atoms with E-state index in [1.54, 1.807) is 11.8 Å². The molecule has 3 aromatic rings. The van der Waals surface area contributed by atoms with Gasteiger partial charge in [-0.15, -0.1) is 16.9 Å². The highest BCUT2D eigenvalue weighted by Crippen LogP contribution is 2.20. The first-order valence-electron chi connectivity index (χ1n) is 7.37. The van der Waals surface area contributed by atoms with Gasteiger partial charge in [0.05, 0.1) is 5.69 Å². The highest BCUT2D eigenvalue weighted by Gasteiger charge is 2.18. The van der Waals surface area contributed by atoms with Crippen LogP contribution in [0.2, 0.25) is 0 Å². The molecule has 0 spiro atoms. The smallest absolute Gasteiger partial charge is 0.275 e. The molecule has 2 aromatic carbocycles. The van der Waals surface area contributed by atoms with E-state index in [4.69, 9.17) is 5.73 Å². The zero-order valence-electron chi connectivity index (χ0n) is 13.1. The average molecular weight is 339 g/mol. The van der Waals surface area contributed by atoms with Crippen LogP contribution >= 0.6 is 11.8 Å². The molecule has 24 heavy (non-hydrogen) atoms. The van der Waals surface area contributed by atoms with Gasteiger partial charge in [0.2, 0.25) is 0 Å². The third-order valence-corrected chi connectivity index (χ3v) is 4.24. The van der Waals surface area contributed by atoms with E-state index in [0.717, 1.165) is 16.1 Å². The lowest BCUT2D eigenvalue weighted by atomic mass is 10.2. The van der Waals surface area contributed by atoms with Crippen molar-refractivity contribution in [2.75, 3.05) is 12.0 Å². The molecule has 0 unspecified atom stereocenters. The minimum absolute atomic E-state index is 0.125. The second-order valence-electron chi connectivity index (χ2n) is 5.10. The second-order valence-corrected chi connectivity index (χ2v) is 5.98. The third-order valence-electron chi connectivity index (χ3n) is 3.51. The van der Waals surface area contributed by atoms with Crippen molar-refractivity contribution in [3.63, 3.8) is 0 Å². The van der Waals surface area contributed by atoms with Gasteiger partial charge in [-0.05, 0) is 30.0 Å². The average Bonchev–Trinajstić information content (AvgIpc) is 3.02. The molecule has 0 aliphatic carbocycles. The molecule has 122 valence electrons. The molecule has 0 aliphatic heterocycles. The number of amides is 1. The summed E-state index contributed by atoms with van der Waals surface area (Å²) in [6, 6.07) is 17.4. The second kappa shape index (κ2) is 7.18. The van der Waals surface area contributed by atoms with E-state index in [1.165, 1.54) is 4.68 Å². The Morgan fingerprint density at radius 3 is 2.75 bits per heavy atom. The summed E-state index contributed by atoms with van der Waals surface area (Å²) >= 11 is 1.62. The molecule has 1 aromatic heterocycles. The molecule has 1 amide bonds. The summed E-state index contributed by atoms with van der Waals surface area (Å²) in [6.07, 6.45) is 1.99. The van der Waals surface area contributed by atoms with Crippen molar-refractivity contribution >= 4 is 23.5 Å². The van der Waals surface area contributed by atoms with Crippen molar-refractivity contribution < 1.29 is 4.79 Å². The first kappa shape index (κ1) is 16.1. The van der Waals surface area contributed by atoms with Crippen LogP contribution in [-0.2, 0) is 6.54 Å². The Balaban J connectivity index is 1.77. The summed E-state index contributed by atoms with van der Waals surface area (Å²) in [5.74, 6) is -0.123. The summed E-state index contributed by atoms with van der Waals surface area (Å²) < 4.78 is 1.47. The summed E-state index contributed by atoms with van der Waals surface area (Å²) in [5, 5.41) is 10.7. The van der Waals surface area contributed by atoms with Gasteiger partial charge in [0.1, 0.15) is 0 Å². The SMILES string of the molecule is CSc1cccc(-n2nnc(C(=O)NCc3ccccc3)c2N)c1. The topological polar surface area (TPSA) is 85.8 Å². The Labute approximate surface area is 144 Å². The van der Waals surface area contributed by atoms with Gasteiger partial charge >= 0.3 is 0 Å². The number of nitrogens with two attached hydrogens (primary N) is 1. The van der Waals surface area contributed by atoms with Crippen molar-refractivity contribution in [1.29, 1.82) is 0 Å². The third kappa shape index (κ3) is 3.41. The number of thioether (sulfide) groups is 1. The van der Waals surface area contributed by atoms with Gasteiger partial charge in [-0.1, -0.05) is 41.6 Å². The molecule has 3 N–H and O–H groups in total. The normalized spacial score (nSPS) is 10.5. The molecule has 0 aliphatic rings. The molecule has 0 bridgehead atoms. The number of carbonyl (C=O) groups is 1. The van der Waals surface area contributed by atoms with Gasteiger partial charge in [-0.25, -0.2) is 0 Å². The molecule has 0 atom stereocenters. The number of hydrogen-bond donors (Lipinski definition) is 2. The molecule has 1 heterocycles. The fourth-order valence-corrected chi connectivity index (χ4v) is 2.70. The molecule has 0 fully saturated rings. The van der Waals surface area contributed by atoms with Crippen LogP contribution in [0, 0.1) is 0 Å². The Morgan fingerprint density at radius 2 is 2.00 bits per heavy atom. The van der Waals surface area contributed by atoms with Crippen LogP contribution in [0.25, 0.3) is 5.69 Å². The number of hydrogen-bond acceptors (Lipinski definition) is 5. The lowest BCUT2D eigenvalue weighted by molar-refractivity contribution is 0.0947. The molecule has 6 nitrogen and oxygen atoms in total. The van der Waals surface area contributed by atoms with Gasteiger partial charge < -0.3 is 11.1 Å². The lowest BCUT2D eigenvalue weighted by Gasteiger charge is -2.06. The molecular formula is C17H17N5OS. The Morgan fingerprint density at radius 1 is 1.21 bits per heavy atom. The molecule has 0 saturated carbocycles. The molecule has 0 radical (unpaired) electrons. The summed E-state index contributed by atoms with van der Waals surface area (Å²) in [5.41, 5.74) is 7.97. The van der Waals surface area contributed by atoms with E-state index in [-0.39, 0.29) is 17.4 Å². The fourth-order valence-electron chi connectivity index (χ4n) is 2.25. The lowest BCUT2D eigenvalue weighted by Crippen LogP contribution is -2.24. The van der Waals surface area contributed by atoms with E-state index < -0.39 is 0 Å². The number of anilines is 1. The van der Waals surface area contributed by atoms with Crippen molar-refractivity contribution in [3.05, 3.63) is 65.9 Å². The monoisotopic (exact) mass is 339 g/mol. The van der Waals surface area contributed by atoms with Crippen LogP contribution < -0.4 is 11.1 Å². The molecule has 3 rings (SSSR count). The van der Waals surface area contributed by atoms with Gasteiger partial charge in [0.25, 0.3) is 5.91 Å². The van der Waals surface area contributed by atoms with Crippen molar-refractivity contribution in [1.82, 2.24) is 20.3 Å². The maximum Gasteiger partial charge on any atom is 0.275 e. The van der Waals surface area contributed by atoms with Gasteiger partial charge in [-0.2, -0.15) is 4.68 Å². The number of nitrogens with one attached hydrogen (secondary N) is 1. The van der Waals surface area contributed by atoms with Crippen LogP contribution in [0.15, 0.2) is 59.5 Å². The summed E-state index contributed by atoms with van der Waals surface area (Å²) in [6.45, 7) is 0.411. The van der Waals surface area contributed by atoms with Crippen molar-refractivity contribution in [3.8, 4) is 5.69 Å². The minimum Gasteiger partial charge on any atom is -0.382 e. The van der Waals surface area contributed by atoms with E-state index in [9.17, 15) is 4.79 Å². The van der Waals surface area contributed by atoms with Gasteiger partial charge in [-0.3, -0.25) is 4.79 Å². The highest BCUT2D eigenvalue weighted by molar-refractivity contribution is 7.98. The van der Waals surface area contributed by atoms with Crippen molar-refractivity contribution in [2.45, 2.75) is 11.4 Å². The largest absolute Gasteiger partial charge is 0.382 e. The molecule has 7 heteroatoms. The maximum atomic E-state index is 12.3. The van der Waals surface area contributed by atoms with Crippen LogP contribution in [0.1, 0.15) is 16.1 Å². The van der Waals surface area contributed by atoms with Crippen LogP contribution in [0.4, 0.5) is 5.82 Å². The number of rotatable bonds is 5. The predicted octanol–water partition coefficient (Wildman–Crippen LogP) is 2.50. The standard InChI is InChI=1S/C17H17N5OS/c1-24-14-9-5-8-13(10-14)22-16(18)15(20-21-22)17(23)19-11-12-6-3-2-4-7-12/h2-10H,11,18H2,1H3,(H,19,23). The fraction of sp³-hybridized carbons (Fsp3) is 0.118. The highest BCUT2D eigenvalue weighted by atomic mass is 32.2. The van der Waals surface area contributed by atoms with E-state index in [0.29, 0.717) is 6.54 Å². The quantitative estimate of drug-likeness (QED) is 0.698. The van der Waals surface area contributed by atoms with Crippen LogP contribution in [0.5, 0.6) is 0 Å². The predicted molar refractivity (Wildman–Crippen MR) is 95.2 cm³/mol.